The number of rotatable bonds is 5. The first kappa shape index (κ1) is 15.1. The van der Waals surface area contributed by atoms with Crippen molar-refractivity contribution in [3.05, 3.63) is 52.1 Å². The van der Waals surface area contributed by atoms with E-state index in [-0.39, 0.29) is 11.4 Å². The van der Waals surface area contributed by atoms with Crippen LogP contribution in [0.3, 0.4) is 0 Å². The average Bonchev–Trinajstić information content (AvgIpc) is 2.90. The molecular formula is C11H11FN4O4S. The molecular weight excluding hydrogens is 303 g/mol. The second-order valence-corrected chi connectivity index (χ2v) is 6.28. The van der Waals surface area contributed by atoms with Gasteiger partial charge in [-0.05, 0) is 6.07 Å². The quantitative estimate of drug-likeness (QED) is 0.660. The van der Waals surface area contributed by atoms with E-state index in [9.17, 15) is 22.9 Å². The maximum Gasteiger partial charge on any atom is 0.304 e. The van der Waals surface area contributed by atoms with E-state index in [0.29, 0.717) is 11.6 Å². The molecule has 0 radical (unpaired) electrons. The number of H-pyrrole nitrogens is 1. The van der Waals surface area contributed by atoms with Gasteiger partial charge in [0.25, 0.3) is 0 Å². The molecule has 2 rings (SSSR count). The lowest BCUT2D eigenvalue weighted by Crippen LogP contribution is -2.26. The van der Waals surface area contributed by atoms with Crippen LogP contribution in [0, 0.1) is 15.9 Å². The average molecular weight is 314 g/mol. The highest BCUT2D eigenvalue weighted by molar-refractivity contribution is 7.89. The molecule has 0 spiro atoms. The fraction of sp³-hybridized carbons (Fsp3) is 0.182. The van der Waals surface area contributed by atoms with E-state index in [1.54, 1.807) is 0 Å². The van der Waals surface area contributed by atoms with Crippen LogP contribution in [-0.4, -0.2) is 34.9 Å². The van der Waals surface area contributed by atoms with Crippen molar-refractivity contribution in [3.8, 4) is 0 Å². The first-order valence-electron chi connectivity index (χ1n) is 5.70. The number of benzene rings is 1. The number of hydrogen-bond donors (Lipinski definition) is 1. The van der Waals surface area contributed by atoms with Gasteiger partial charge in [0.05, 0.1) is 16.0 Å². The molecule has 0 bridgehead atoms. The van der Waals surface area contributed by atoms with Gasteiger partial charge in [-0.15, -0.1) is 0 Å². The van der Waals surface area contributed by atoms with E-state index in [2.05, 4.69) is 10.2 Å². The first-order valence-corrected chi connectivity index (χ1v) is 7.14. The van der Waals surface area contributed by atoms with Crippen LogP contribution in [0.15, 0.2) is 35.5 Å². The molecule has 1 aromatic heterocycles. The fourth-order valence-corrected chi connectivity index (χ4v) is 2.85. The molecule has 1 aromatic carbocycles. The molecule has 0 fully saturated rings. The second kappa shape index (κ2) is 5.58. The second-order valence-electron chi connectivity index (χ2n) is 4.24. The van der Waals surface area contributed by atoms with Gasteiger partial charge in [0.2, 0.25) is 15.8 Å². The summed E-state index contributed by atoms with van der Waals surface area (Å²) in [5.41, 5.74) is -0.144. The number of nitrogens with zero attached hydrogens (tertiary/aromatic N) is 3. The summed E-state index contributed by atoms with van der Waals surface area (Å²) in [4.78, 5) is 9.26. The number of aromatic amines is 1. The Hall–Kier alpha value is -2.33. The maximum atomic E-state index is 13.5. The van der Waals surface area contributed by atoms with E-state index >= 15 is 0 Å². The molecule has 10 heteroatoms. The first-order chi connectivity index (χ1) is 9.82. The van der Waals surface area contributed by atoms with Gasteiger partial charge in [-0.3, -0.25) is 15.2 Å². The summed E-state index contributed by atoms with van der Waals surface area (Å²) >= 11 is 0. The van der Waals surface area contributed by atoms with Crippen LogP contribution in [0.25, 0.3) is 0 Å². The van der Waals surface area contributed by atoms with E-state index in [1.165, 1.54) is 19.4 Å². The van der Waals surface area contributed by atoms with Crippen molar-refractivity contribution in [1.82, 2.24) is 14.5 Å². The molecule has 0 aliphatic carbocycles. The molecule has 21 heavy (non-hydrogen) atoms. The minimum atomic E-state index is -3.95. The van der Waals surface area contributed by atoms with Gasteiger partial charge in [0, 0.05) is 37.5 Å². The zero-order valence-corrected chi connectivity index (χ0v) is 11.7. The SMILES string of the molecule is CN(Cc1cn[nH]c1)S(=O)(=O)c1ccc([N+](=O)[O-])c(F)c1. The van der Waals surface area contributed by atoms with Gasteiger partial charge < -0.3 is 0 Å². The third-order valence-corrected chi connectivity index (χ3v) is 4.58. The molecule has 0 amide bonds. The monoisotopic (exact) mass is 314 g/mol. The Kier molecular flexibility index (Phi) is 4.00. The van der Waals surface area contributed by atoms with Gasteiger partial charge in [0.15, 0.2) is 0 Å². The zero-order valence-electron chi connectivity index (χ0n) is 10.9. The van der Waals surface area contributed by atoms with Crippen molar-refractivity contribution in [3.63, 3.8) is 0 Å². The Morgan fingerprint density at radius 3 is 2.71 bits per heavy atom. The summed E-state index contributed by atoms with van der Waals surface area (Å²) in [6.45, 7) is 0.0391. The summed E-state index contributed by atoms with van der Waals surface area (Å²) in [5.74, 6) is -1.20. The third kappa shape index (κ3) is 3.06. The highest BCUT2D eigenvalue weighted by atomic mass is 32.2. The molecule has 0 atom stereocenters. The summed E-state index contributed by atoms with van der Waals surface area (Å²) in [7, 11) is -2.63. The zero-order chi connectivity index (χ0) is 15.6. The minimum Gasteiger partial charge on any atom is -0.285 e. The van der Waals surface area contributed by atoms with Crippen molar-refractivity contribution < 1.29 is 17.7 Å². The molecule has 0 unspecified atom stereocenters. The van der Waals surface area contributed by atoms with Gasteiger partial charge in [-0.25, -0.2) is 8.42 Å². The largest absolute Gasteiger partial charge is 0.304 e. The van der Waals surface area contributed by atoms with Crippen molar-refractivity contribution >= 4 is 15.7 Å². The Balaban J connectivity index is 2.31. The van der Waals surface area contributed by atoms with Gasteiger partial charge in [-0.2, -0.15) is 13.8 Å². The van der Waals surface area contributed by atoms with Crippen LogP contribution >= 0.6 is 0 Å². The number of nitrogens with one attached hydrogen (secondary N) is 1. The lowest BCUT2D eigenvalue weighted by molar-refractivity contribution is -0.387. The molecule has 1 N–H and O–H groups in total. The van der Waals surface area contributed by atoms with E-state index in [1.807, 2.05) is 0 Å². The lowest BCUT2D eigenvalue weighted by Gasteiger charge is -2.16. The minimum absolute atomic E-state index is 0.0391. The van der Waals surface area contributed by atoms with Crippen LogP contribution in [0.2, 0.25) is 0 Å². The molecule has 0 aliphatic heterocycles. The van der Waals surface area contributed by atoms with Crippen LogP contribution in [0.5, 0.6) is 0 Å². The van der Waals surface area contributed by atoms with Gasteiger partial charge in [-0.1, -0.05) is 0 Å². The third-order valence-electron chi connectivity index (χ3n) is 2.78. The van der Waals surface area contributed by atoms with Crippen LogP contribution in [0.4, 0.5) is 10.1 Å². The smallest absolute Gasteiger partial charge is 0.285 e. The number of nitro benzene ring substituents is 1. The number of sulfonamides is 1. The number of nitro groups is 1. The summed E-state index contributed by atoms with van der Waals surface area (Å²) in [5, 5.41) is 16.8. The van der Waals surface area contributed by atoms with E-state index in [4.69, 9.17) is 0 Å². The molecule has 2 aromatic rings. The van der Waals surface area contributed by atoms with Crippen LogP contribution in [0.1, 0.15) is 5.56 Å². The van der Waals surface area contributed by atoms with E-state index in [0.717, 1.165) is 16.4 Å². The van der Waals surface area contributed by atoms with Crippen LogP contribution in [-0.2, 0) is 16.6 Å². The number of halogens is 1. The van der Waals surface area contributed by atoms with E-state index < -0.39 is 26.5 Å². The Morgan fingerprint density at radius 1 is 1.48 bits per heavy atom. The molecule has 0 saturated carbocycles. The van der Waals surface area contributed by atoms with Crippen molar-refractivity contribution in [1.29, 1.82) is 0 Å². The summed E-state index contributed by atoms with van der Waals surface area (Å²) in [6.07, 6.45) is 2.99. The fourth-order valence-electron chi connectivity index (χ4n) is 1.68. The molecule has 0 aliphatic rings. The van der Waals surface area contributed by atoms with Gasteiger partial charge >= 0.3 is 5.69 Å². The van der Waals surface area contributed by atoms with Crippen molar-refractivity contribution in [2.24, 2.45) is 0 Å². The molecule has 0 saturated heterocycles. The molecule has 8 nitrogen and oxygen atoms in total. The Labute approximate surface area is 119 Å². The Morgan fingerprint density at radius 2 is 2.19 bits per heavy atom. The summed E-state index contributed by atoms with van der Waals surface area (Å²) in [6, 6.07) is 2.47. The number of aromatic nitrogens is 2. The van der Waals surface area contributed by atoms with Crippen molar-refractivity contribution in [2.75, 3.05) is 7.05 Å². The van der Waals surface area contributed by atoms with Crippen molar-refractivity contribution in [2.45, 2.75) is 11.4 Å². The standard InChI is InChI=1S/C11H11FN4O4S/c1-15(7-8-5-13-14-6-8)21(19,20)9-2-3-11(16(17)18)10(12)4-9/h2-6H,7H2,1H3,(H,13,14). The molecule has 112 valence electrons. The topological polar surface area (TPSA) is 109 Å². The normalized spacial score (nSPS) is 11.8. The summed E-state index contributed by atoms with van der Waals surface area (Å²) < 4.78 is 39.0. The highest BCUT2D eigenvalue weighted by Crippen LogP contribution is 2.23. The maximum absolute atomic E-state index is 13.5. The predicted octanol–water partition coefficient (Wildman–Crippen LogP) is 1.28. The Bertz CT molecular complexity index is 761. The van der Waals surface area contributed by atoms with Crippen LogP contribution < -0.4 is 0 Å². The number of hydrogen-bond acceptors (Lipinski definition) is 5. The van der Waals surface area contributed by atoms with Gasteiger partial charge in [0.1, 0.15) is 0 Å². The predicted molar refractivity (Wildman–Crippen MR) is 70.3 cm³/mol. The lowest BCUT2D eigenvalue weighted by atomic mass is 10.3. The highest BCUT2D eigenvalue weighted by Gasteiger charge is 2.24. The molecule has 1 heterocycles.